The molecule has 0 bridgehead atoms. The lowest BCUT2D eigenvalue weighted by molar-refractivity contribution is 0.415. The first-order valence-corrected chi connectivity index (χ1v) is 8.12. The molecule has 0 N–H and O–H groups in total. The standard InChI is InChI=1S/C18H16N4O5/c1-20-16-15(17(24)21(2)18(20)25)22(9-19-16)8-10-6-14(23)27-13-5-4-11(26-3)7-12(10)13/h4-7,9H,8H2,1-3H3. The molecule has 9 heteroatoms. The van der Waals surface area contributed by atoms with Crippen LogP contribution in [0.1, 0.15) is 5.56 Å². The predicted octanol–water partition coefficient (Wildman–Crippen LogP) is 0.597. The van der Waals surface area contributed by atoms with Gasteiger partial charge in [0.15, 0.2) is 11.2 Å². The summed E-state index contributed by atoms with van der Waals surface area (Å²) in [4.78, 5) is 40.8. The van der Waals surface area contributed by atoms with Crippen molar-refractivity contribution in [2.75, 3.05) is 7.11 Å². The summed E-state index contributed by atoms with van der Waals surface area (Å²) in [5, 5.41) is 0.692. The molecular formula is C18H16N4O5. The molecule has 27 heavy (non-hydrogen) atoms. The van der Waals surface area contributed by atoms with Crippen LogP contribution in [0.2, 0.25) is 0 Å². The van der Waals surface area contributed by atoms with Crippen molar-refractivity contribution in [3.05, 3.63) is 67.4 Å². The number of ether oxygens (including phenoxy) is 1. The highest BCUT2D eigenvalue weighted by Crippen LogP contribution is 2.24. The molecule has 0 radical (unpaired) electrons. The van der Waals surface area contributed by atoms with Crippen molar-refractivity contribution in [3.63, 3.8) is 0 Å². The first kappa shape index (κ1) is 16.8. The van der Waals surface area contributed by atoms with Crippen LogP contribution in [-0.2, 0) is 20.6 Å². The van der Waals surface area contributed by atoms with Crippen LogP contribution in [0, 0.1) is 0 Å². The van der Waals surface area contributed by atoms with E-state index in [4.69, 9.17) is 9.15 Å². The van der Waals surface area contributed by atoms with Gasteiger partial charge >= 0.3 is 11.3 Å². The molecule has 4 rings (SSSR count). The minimum atomic E-state index is -0.493. The Morgan fingerprint density at radius 3 is 2.63 bits per heavy atom. The van der Waals surface area contributed by atoms with Gasteiger partial charge in [0.05, 0.1) is 20.0 Å². The third-order valence-electron chi connectivity index (χ3n) is 4.59. The molecule has 9 nitrogen and oxygen atoms in total. The number of hydrogen-bond donors (Lipinski definition) is 0. The van der Waals surface area contributed by atoms with Gasteiger partial charge in [-0.1, -0.05) is 0 Å². The van der Waals surface area contributed by atoms with Gasteiger partial charge in [0.25, 0.3) is 5.56 Å². The molecule has 0 atom stereocenters. The molecule has 0 saturated carbocycles. The minimum absolute atomic E-state index is 0.208. The summed E-state index contributed by atoms with van der Waals surface area (Å²) in [5.74, 6) is 0.617. The fraction of sp³-hybridized carbons (Fsp3) is 0.222. The zero-order valence-electron chi connectivity index (χ0n) is 14.9. The van der Waals surface area contributed by atoms with Gasteiger partial charge < -0.3 is 13.7 Å². The number of fused-ring (bicyclic) bond motifs is 2. The number of imidazole rings is 1. The Morgan fingerprint density at radius 2 is 1.89 bits per heavy atom. The van der Waals surface area contributed by atoms with Crippen LogP contribution < -0.4 is 21.6 Å². The average Bonchev–Trinajstić information content (AvgIpc) is 3.08. The number of benzene rings is 1. The molecule has 3 aromatic heterocycles. The average molecular weight is 368 g/mol. The van der Waals surface area contributed by atoms with E-state index in [2.05, 4.69) is 4.98 Å². The van der Waals surface area contributed by atoms with Crippen LogP contribution in [0.3, 0.4) is 0 Å². The SMILES string of the molecule is COc1ccc2oc(=O)cc(Cn3cnc4c3c(=O)n(C)c(=O)n4C)c2c1. The quantitative estimate of drug-likeness (QED) is 0.491. The first-order valence-electron chi connectivity index (χ1n) is 8.12. The van der Waals surface area contributed by atoms with E-state index in [0.717, 1.165) is 4.57 Å². The van der Waals surface area contributed by atoms with Crippen LogP contribution in [0.4, 0.5) is 0 Å². The van der Waals surface area contributed by atoms with Crippen molar-refractivity contribution in [1.29, 1.82) is 0 Å². The lowest BCUT2D eigenvalue weighted by Gasteiger charge is -2.09. The van der Waals surface area contributed by atoms with E-state index in [1.54, 1.807) is 36.9 Å². The molecule has 0 aliphatic heterocycles. The van der Waals surface area contributed by atoms with E-state index in [9.17, 15) is 14.4 Å². The second-order valence-electron chi connectivity index (χ2n) is 6.20. The Bertz CT molecular complexity index is 1370. The lowest BCUT2D eigenvalue weighted by Crippen LogP contribution is -2.37. The minimum Gasteiger partial charge on any atom is -0.497 e. The van der Waals surface area contributed by atoms with Crippen molar-refractivity contribution >= 4 is 22.1 Å². The number of aromatic nitrogens is 4. The zero-order valence-corrected chi connectivity index (χ0v) is 14.9. The molecule has 0 aliphatic carbocycles. The first-order chi connectivity index (χ1) is 12.9. The maximum Gasteiger partial charge on any atom is 0.336 e. The highest BCUT2D eigenvalue weighted by atomic mass is 16.5. The third-order valence-corrected chi connectivity index (χ3v) is 4.59. The maximum atomic E-state index is 12.6. The fourth-order valence-electron chi connectivity index (χ4n) is 3.17. The number of methoxy groups -OCH3 is 1. The second kappa shape index (κ2) is 5.97. The van der Waals surface area contributed by atoms with E-state index in [1.807, 2.05) is 0 Å². The lowest BCUT2D eigenvalue weighted by atomic mass is 10.1. The van der Waals surface area contributed by atoms with Gasteiger partial charge in [-0.05, 0) is 23.8 Å². The van der Waals surface area contributed by atoms with Crippen LogP contribution in [0.25, 0.3) is 22.1 Å². The Morgan fingerprint density at radius 1 is 1.11 bits per heavy atom. The predicted molar refractivity (Wildman–Crippen MR) is 98.4 cm³/mol. The van der Waals surface area contributed by atoms with Crippen molar-refractivity contribution in [2.45, 2.75) is 6.54 Å². The molecule has 1 aromatic carbocycles. The summed E-state index contributed by atoms with van der Waals surface area (Å²) < 4.78 is 14.4. The molecule has 4 aromatic rings. The second-order valence-corrected chi connectivity index (χ2v) is 6.20. The number of aryl methyl sites for hydroxylation is 1. The van der Waals surface area contributed by atoms with Gasteiger partial charge in [-0.15, -0.1) is 0 Å². The molecule has 0 fully saturated rings. The van der Waals surface area contributed by atoms with Gasteiger partial charge in [-0.25, -0.2) is 14.6 Å². The Labute approximate surface area is 151 Å². The number of rotatable bonds is 3. The zero-order chi connectivity index (χ0) is 19.3. The van der Waals surface area contributed by atoms with Crippen molar-refractivity contribution in [2.24, 2.45) is 14.1 Å². The monoisotopic (exact) mass is 368 g/mol. The Kier molecular flexibility index (Phi) is 3.72. The van der Waals surface area contributed by atoms with Crippen LogP contribution in [0.15, 0.2) is 49.4 Å². The van der Waals surface area contributed by atoms with Crippen molar-refractivity contribution in [1.82, 2.24) is 18.7 Å². The fourth-order valence-corrected chi connectivity index (χ4v) is 3.17. The van der Waals surface area contributed by atoms with Crippen LogP contribution >= 0.6 is 0 Å². The number of nitrogens with zero attached hydrogens (tertiary/aromatic N) is 4. The molecule has 3 heterocycles. The van der Waals surface area contributed by atoms with Gasteiger partial charge in [0, 0.05) is 25.5 Å². The topological polar surface area (TPSA) is 101 Å². The molecule has 0 saturated heterocycles. The molecule has 0 amide bonds. The summed E-state index contributed by atoms with van der Waals surface area (Å²) in [7, 11) is 4.52. The summed E-state index contributed by atoms with van der Waals surface area (Å²) in [6, 6.07) is 6.50. The highest BCUT2D eigenvalue weighted by molar-refractivity contribution is 5.82. The Balaban J connectivity index is 1.97. The van der Waals surface area contributed by atoms with Crippen molar-refractivity contribution < 1.29 is 9.15 Å². The molecule has 0 unspecified atom stereocenters. The van der Waals surface area contributed by atoms with Crippen LogP contribution in [0.5, 0.6) is 5.75 Å². The van der Waals surface area contributed by atoms with E-state index >= 15 is 0 Å². The van der Waals surface area contributed by atoms with E-state index < -0.39 is 16.9 Å². The summed E-state index contributed by atoms with van der Waals surface area (Å²) >= 11 is 0. The molecular weight excluding hydrogens is 352 g/mol. The van der Waals surface area contributed by atoms with Crippen LogP contribution in [-0.4, -0.2) is 25.8 Å². The van der Waals surface area contributed by atoms with Gasteiger partial charge in [-0.2, -0.15) is 0 Å². The smallest absolute Gasteiger partial charge is 0.336 e. The third kappa shape index (κ3) is 2.55. The van der Waals surface area contributed by atoms with Crippen molar-refractivity contribution in [3.8, 4) is 5.75 Å². The Hall–Kier alpha value is -3.62. The molecule has 0 aliphatic rings. The highest BCUT2D eigenvalue weighted by Gasteiger charge is 2.16. The molecule has 138 valence electrons. The van der Waals surface area contributed by atoms with Gasteiger partial charge in [0.1, 0.15) is 11.3 Å². The normalized spacial score (nSPS) is 11.4. The number of hydrogen-bond acceptors (Lipinski definition) is 6. The largest absolute Gasteiger partial charge is 0.497 e. The van der Waals surface area contributed by atoms with E-state index in [-0.39, 0.29) is 17.7 Å². The molecule has 0 spiro atoms. The summed E-state index contributed by atoms with van der Waals surface area (Å²) in [6.45, 7) is 0.208. The van der Waals surface area contributed by atoms with E-state index in [1.165, 1.54) is 24.0 Å². The summed E-state index contributed by atoms with van der Waals surface area (Å²) in [5.41, 5.74) is 0.242. The maximum absolute atomic E-state index is 12.6. The van der Waals surface area contributed by atoms with Gasteiger partial charge in [-0.3, -0.25) is 13.9 Å². The van der Waals surface area contributed by atoms with E-state index in [0.29, 0.717) is 22.3 Å². The van der Waals surface area contributed by atoms with Gasteiger partial charge in [0.2, 0.25) is 0 Å². The summed E-state index contributed by atoms with van der Waals surface area (Å²) in [6.07, 6.45) is 1.48.